The van der Waals surface area contributed by atoms with Crippen LogP contribution in [0.15, 0.2) is 24.3 Å². The van der Waals surface area contributed by atoms with Gasteiger partial charge in [-0.05, 0) is 42.4 Å². The van der Waals surface area contributed by atoms with Crippen LogP contribution in [0.4, 0.5) is 0 Å². The number of ether oxygens (including phenoxy) is 2. The summed E-state index contributed by atoms with van der Waals surface area (Å²) in [5.74, 6) is 2.24. The van der Waals surface area contributed by atoms with Crippen LogP contribution in [-0.4, -0.2) is 52.7 Å². The first-order valence-electron chi connectivity index (χ1n) is 8.70. The average Bonchev–Trinajstić information content (AvgIpc) is 2.92. The van der Waals surface area contributed by atoms with E-state index in [9.17, 15) is 0 Å². The highest BCUT2D eigenvalue weighted by Crippen LogP contribution is 2.23. The van der Waals surface area contributed by atoms with Gasteiger partial charge in [-0.2, -0.15) is 5.10 Å². The lowest BCUT2D eigenvalue weighted by Gasteiger charge is -2.26. The monoisotopic (exact) mass is 362 g/mol. The standard InChI is InChI=1S/C18H26N4O2S/c1-14(2)12-21-17(15-4-6-16(23-3)7-5-15)19-22(18(21)25)13-20-8-10-24-11-9-20/h4-7,14H,8-13H2,1-3H3. The van der Waals surface area contributed by atoms with Gasteiger partial charge in [-0.25, -0.2) is 4.68 Å². The molecule has 0 bridgehead atoms. The summed E-state index contributed by atoms with van der Waals surface area (Å²) >= 11 is 5.73. The number of morpholine rings is 1. The molecule has 1 aliphatic heterocycles. The molecule has 0 unspecified atom stereocenters. The van der Waals surface area contributed by atoms with E-state index in [1.54, 1.807) is 7.11 Å². The molecule has 0 saturated carbocycles. The van der Waals surface area contributed by atoms with Gasteiger partial charge in [0, 0.05) is 25.2 Å². The molecule has 0 aliphatic carbocycles. The van der Waals surface area contributed by atoms with Gasteiger partial charge in [-0.15, -0.1) is 0 Å². The van der Waals surface area contributed by atoms with Crippen LogP contribution in [0.25, 0.3) is 11.4 Å². The van der Waals surface area contributed by atoms with Crippen molar-refractivity contribution in [2.24, 2.45) is 5.92 Å². The minimum Gasteiger partial charge on any atom is -0.497 e. The van der Waals surface area contributed by atoms with Crippen molar-refractivity contribution < 1.29 is 9.47 Å². The van der Waals surface area contributed by atoms with E-state index in [1.807, 2.05) is 28.9 Å². The Kier molecular flexibility index (Phi) is 5.88. The van der Waals surface area contributed by atoms with Crippen LogP contribution in [0.3, 0.4) is 0 Å². The number of methoxy groups -OCH3 is 1. The number of benzene rings is 1. The summed E-state index contributed by atoms with van der Waals surface area (Å²) < 4.78 is 15.5. The molecule has 2 aromatic rings. The third-order valence-corrected chi connectivity index (χ3v) is 4.69. The SMILES string of the molecule is COc1ccc(-c2nn(CN3CCOCC3)c(=S)n2CC(C)C)cc1. The van der Waals surface area contributed by atoms with E-state index in [-0.39, 0.29) is 0 Å². The second-order valence-corrected chi connectivity index (χ2v) is 7.08. The molecule has 1 aromatic heterocycles. The lowest BCUT2D eigenvalue weighted by molar-refractivity contribution is 0.0209. The van der Waals surface area contributed by atoms with E-state index < -0.39 is 0 Å². The molecule has 1 saturated heterocycles. The molecule has 0 spiro atoms. The Morgan fingerprint density at radius 1 is 1.20 bits per heavy atom. The zero-order chi connectivity index (χ0) is 17.8. The zero-order valence-corrected chi connectivity index (χ0v) is 16.0. The number of aromatic nitrogens is 3. The summed E-state index contributed by atoms with van der Waals surface area (Å²) in [4.78, 5) is 2.32. The van der Waals surface area contributed by atoms with E-state index in [4.69, 9.17) is 26.8 Å². The highest BCUT2D eigenvalue weighted by atomic mass is 32.1. The quantitative estimate of drug-likeness (QED) is 0.739. The average molecular weight is 362 g/mol. The summed E-state index contributed by atoms with van der Waals surface area (Å²) in [6.07, 6.45) is 0. The molecule has 7 heteroatoms. The highest BCUT2D eigenvalue weighted by molar-refractivity contribution is 7.71. The van der Waals surface area contributed by atoms with Crippen LogP contribution in [0.5, 0.6) is 5.75 Å². The van der Waals surface area contributed by atoms with Crippen LogP contribution in [0, 0.1) is 10.7 Å². The predicted octanol–water partition coefficient (Wildman–Crippen LogP) is 3.04. The van der Waals surface area contributed by atoms with Gasteiger partial charge in [0.05, 0.1) is 27.0 Å². The Morgan fingerprint density at radius 3 is 2.48 bits per heavy atom. The molecule has 25 heavy (non-hydrogen) atoms. The van der Waals surface area contributed by atoms with Crippen molar-refractivity contribution in [1.29, 1.82) is 0 Å². The Labute approximate surface area is 154 Å². The van der Waals surface area contributed by atoms with Crippen LogP contribution < -0.4 is 4.74 Å². The topological polar surface area (TPSA) is 44.4 Å². The Balaban J connectivity index is 1.94. The third-order valence-electron chi connectivity index (χ3n) is 4.26. The van der Waals surface area contributed by atoms with Gasteiger partial charge in [0.2, 0.25) is 0 Å². The molecule has 1 aliphatic rings. The van der Waals surface area contributed by atoms with E-state index in [0.29, 0.717) is 12.6 Å². The molecule has 0 N–H and O–H groups in total. The van der Waals surface area contributed by atoms with Crippen molar-refractivity contribution in [3.05, 3.63) is 29.0 Å². The fourth-order valence-corrected chi connectivity index (χ4v) is 3.21. The molecule has 1 fully saturated rings. The maximum Gasteiger partial charge on any atom is 0.199 e. The van der Waals surface area contributed by atoms with Crippen molar-refractivity contribution in [1.82, 2.24) is 19.2 Å². The largest absolute Gasteiger partial charge is 0.497 e. The molecule has 0 amide bonds. The van der Waals surface area contributed by atoms with E-state index in [0.717, 1.165) is 54.8 Å². The fourth-order valence-electron chi connectivity index (χ4n) is 2.95. The third kappa shape index (κ3) is 4.29. The molecule has 3 rings (SSSR count). The smallest absolute Gasteiger partial charge is 0.199 e. The summed E-state index contributed by atoms with van der Waals surface area (Å²) in [6, 6.07) is 7.98. The van der Waals surface area contributed by atoms with E-state index >= 15 is 0 Å². The summed E-state index contributed by atoms with van der Waals surface area (Å²) in [7, 11) is 1.67. The van der Waals surface area contributed by atoms with Crippen LogP contribution >= 0.6 is 12.2 Å². The van der Waals surface area contributed by atoms with Crippen molar-refractivity contribution >= 4 is 12.2 Å². The first kappa shape index (κ1) is 18.1. The molecule has 0 radical (unpaired) electrons. The number of hydrogen-bond acceptors (Lipinski definition) is 5. The Bertz CT molecular complexity index is 745. The van der Waals surface area contributed by atoms with Crippen molar-refractivity contribution in [2.45, 2.75) is 27.1 Å². The van der Waals surface area contributed by atoms with Gasteiger partial charge < -0.3 is 9.47 Å². The van der Waals surface area contributed by atoms with Crippen molar-refractivity contribution in [3.63, 3.8) is 0 Å². The molecular weight excluding hydrogens is 336 g/mol. The molecule has 1 aromatic carbocycles. The molecule has 6 nitrogen and oxygen atoms in total. The lowest BCUT2D eigenvalue weighted by atomic mass is 10.2. The minimum atomic E-state index is 0.490. The van der Waals surface area contributed by atoms with Crippen molar-refractivity contribution in [2.75, 3.05) is 33.4 Å². The number of rotatable bonds is 6. The van der Waals surface area contributed by atoms with Gasteiger partial charge in [-0.1, -0.05) is 13.8 Å². The highest BCUT2D eigenvalue weighted by Gasteiger charge is 2.17. The summed E-state index contributed by atoms with van der Waals surface area (Å²) in [5, 5.41) is 4.83. The number of nitrogens with zero attached hydrogens (tertiary/aromatic N) is 4. The molecule has 2 heterocycles. The zero-order valence-electron chi connectivity index (χ0n) is 15.1. The second-order valence-electron chi connectivity index (χ2n) is 6.71. The van der Waals surface area contributed by atoms with Crippen LogP contribution in [0.1, 0.15) is 13.8 Å². The van der Waals surface area contributed by atoms with Crippen LogP contribution in [-0.2, 0) is 18.0 Å². The van der Waals surface area contributed by atoms with Crippen LogP contribution in [0.2, 0.25) is 0 Å². The van der Waals surface area contributed by atoms with Gasteiger partial charge in [0.1, 0.15) is 5.75 Å². The van der Waals surface area contributed by atoms with E-state index in [1.165, 1.54) is 0 Å². The Hall–Kier alpha value is -1.70. The fraction of sp³-hybridized carbons (Fsp3) is 0.556. The second kappa shape index (κ2) is 8.12. The van der Waals surface area contributed by atoms with Gasteiger partial charge in [-0.3, -0.25) is 9.47 Å². The predicted molar refractivity (Wildman–Crippen MR) is 100 cm³/mol. The summed E-state index contributed by atoms with van der Waals surface area (Å²) in [5.41, 5.74) is 1.05. The normalized spacial score (nSPS) is 15.7. The van der Waals surface area contributed by atoms with E-state index in [2.05, 4.69) is 23.3 Å². The Morgan fingerprint density at radius 2 is 1.88 bits per heavy atom. The van der Waals surface area contributed by atoms with Crippen molar-refractivity contribution in [3.8, 4) is 17.1 Å². The molecule has 0 atom stereocenters. The summed E-state index contributed by atoms with van der Waals surface area (Å²) in [6.45, 7) is 9.31. The maximum absolute atomic E-state index is 5.73. The first-order valence-corrected chi connectivity index (χ1v) is 9.11. The van der Waals surface area contributed by atoms with Gasteiger partial charge in [0.25, 0.3) is 0 Å². The maximum atomic E-state index is 5.73. The van der Waals surface area contributed by atoms with Gasteiger partial charge in [0.15, 0.2) is 10.6 Å². The number of hydrogen-bond donors (Lipinski definition) is 0. The molecule has 136 valence electrons. The lowest BCUT2D eigenvalue weighted by Crippen LogP contribution is -2.37. The van der Waals surface area contributed by atoms with Gasteiger partial charge >= 0.3 is 0 Å². The minimum absolute atomic E-state index is 0.490. The molecular formula is C18H26N4O2S. The first-order chi connectivity index (χ1) is 12.1.